The second-order valence-electron chi connectivity index (χ2n) is 3.34. The molecule has 0 saturated heterocycles. The Bertz CT molecular complexity index is 145. The van der Waals surface area contributed by atoms with E-state index in [9.17, 15) is 0 Å². The van der Waals surface area contributed by atoms with Crippen molar-refractivity contribution < 1.29 is 0 Å². The van der Waals surface area contributed by atoms with E-state index in [1.165, 1.54) is 4.91 Å². The van der Waals surface area contributed by atoms with Crippen LogP contribution in [0.4, 0.5) is 0 Å². The third kappa shape index (κ3) is 1.32. The van der Waals surface area contributed by atoms with Crippen molar-refractivity contribution in [3.05, 3.63) is 11.0 Å². The van der Waals surface area contributed by atoms with Gasteiger partial charge in [-0.15, -0.1) is 11.8 Å². The Hall–Kier alpha value is 0.0900. The van der Waals surface area contributed by atoms with Gasteiger partial charge in [0.15, 0.2) is 0 Å². The van der Waals surface area contributed by atoms with Gasteiger partial charge >= 0.3 is 0 Å². The molecule has 0 amide bonds. The average molecular weight is 142 g/mol. The zero-order valence-electron chi connectivity index (χ0n) is 6.56. The molecule has 0 saturated carbocycles. The number of hydrogen-bond donors (Lipinski definition) is 0. The Kier molecular flexibility index (Phi) is 1.64. The molecule has 1 heteroatoms. The number of allylic oxidation sites excluding steroid dienone is 2. The standard InChI is InChI=1S/C8H14S/c1-6-5-8(3,4)7(2)9-6/h5,7H,1-4H3. The highest BCUT2D eigenvalue weighted by atomic mass is 32.2. The van der Waals surface area contributed by atoms with Crippen molar-refractivity contribution in [2.45, 2.75) is 32.9 Å². The van der Waals surface area contributed by atoms with Gasteiger partial charge in [-0.3, -0.25) is 0 Å². The predicted octanol–water partition coefficient (Wildman–Crippen LogP) is 3.05. The van der Waals surface area contributed by atoms with Gasteiger partial charge in [-0.1, -0.05) is 26.8 Å². The van der Waals surface area contributed by atoms with Gasteiger partial charge in [-0.05, 0) is 17.2 Å². The van der Waals surface area contributed by atoms with Gasteiger partial charge in [0.1, 0.15) is 0 Å². The summed E-state index contributed by atoms with van der Waals surface area (Å²) in [7, 11) is 0. The molecule has 52 valence electrons. The van der Waals surface area contributed by atoms with E-state index in [1.54, 1.807) is 0 Å². The first kappa shape index (κ1) is 7.20. The number of rotatable bonds is 0. The minimum absolute atomic E-state index is 0.425. The van der Waals surface area contributed by atoms with Gasteiger partial charge in [0.25, 0.3) is 0 Å². The van der Waals surface area contributed by atoms with Crippen LogP contribution >= 0.6 is 11.8 Å². The smallest absolute Gasteiger partial charge is 0.0149 e. The van der Waals surface area contributed by atoms with Gasteiger partial charge in [0.05, 0.1) is 0 Å². The average Bonchev–Trinajstić information content (AvgIpc) is 1.79. The van der Waals surface area contributed by atoms with Crippen molar-refractivity contribution >= 4 is 11.8 Å². The van der Waals surface area contributed by atoms with E-state index in [0.717, 1.165) is 5.25 Å². The molecule has 1 aliphatic heterocycles. The molecule has 0 aromatic carbocycles. The Morgan fingerprint density at radius 3 is 2.22 bits per heavy atom. The maximum atomic E-state index is 2.36. The second kappa shape index (κ2) is 2.05. The molecule has 9 heavy (non-hydrogen) atoms. The molecule has 0 bridgehead atoms. The highest BCUT2D eigenvalue weighted by Crippen LogP contribution is 2.43. The molecule has 1 rings (SSSR count). The largest absolute Gasteiger partial charge is 0.127 e. The van der Waals surface area contributed by atoms with Crippen LogP contribution in [-0.4, -0.2) is 5.25 Å². The van der Waals surface area contributed by atoms with Crippen molar-refractivity contribution in [2.75, 3.05) is 0 Å². The summed E-state index contributed by atoms with van der Waals surface area (Å²) in [5.41, 5.74) is 0.425. The lowest BCUT2D eigenvalue weighted by molar-refractivity contribution is 0.484. The summed E-state index contributed by atoms with van der Waals surface area (Å²) >= 11 is 1.99. The van der Waals surface area contributed by atoms with Crippen LogP contribution in [0.15, 0.2) is 11.0 Å². The lowest BCUT2D eigenvalue weighted by Crippen LogP contribution is -2.16. The maximum Gasteiger partial charge on any atom is 0.0149 e. The van der Waals surface area contributed by atoms with E-state index in [0.29, 0.717) is 5.41 Å². The number of thioether (sulfide) groups is 1. The predicted molar refractivity (Wildman–Crippen MR) is 44.6 cm³/mol. The summed E-state index contributed by atoms with van der Waals surface area (Å²) in [5, 5.41) is 0.762. The minimum Gasteiger partial charge on any atom is -0.127 e. The summed E-state index contributed by atoms with van der Waals surface area (Å²) in [6.45, 7) is 9.07. The van der Waals surface area contributed by atoms with E-state index < -0.39 is 0 Å². The summed E-state index contributed by atoms with van der Waals surface area (Å²) in [6, 6.07) is 0. The normalized spacial score (nSPS) is 32.4. The highest BCUT2D eigenvalue weighted by Gasteiger charge is 2.29. The molecule has 0 N–H and O–H groups in total. The lowest BCUT2D eigenvalue weighted by Gasteiger charge is -2.20. The van der Waals surface area contributed by atoms with Crippen LogP contribution in [0.2, 0.25) is 0 Å². The SMILES string of the molecule is CC1=CC(C)(C)C(C)S1. The Morgan fingerprint density at radius 2 is 2.11 bits per heavy atom. The number of hydrogen-bond acceptors (Lipinski definition) is 1. The van der Waals surface area contributed by atoms with Crippen molar-refractivity contribution in [3.8, 4) is 0 Å². The zero-order valence-corrected chi connectivity index (χ0v) is 7.38. The van der Waals surface area contributed by atoms with Crippen LogP contribution in [0.5, 0.6) is 0 Å². The second-order valence-corrected chi connectivity index (χ2v) is 4.92. The van der Waals surface area contributed by atoms with Gasteiger partial charge in [0.2, 0.25) is 0 Å². The fourth-order valence-corrected chi connectivity index (χ4v) is 2.41. The van der Waals surface area contributed by atoms with Crippen LogP contribution in [0.25, 0.3) is 0 Å². The molecule has 0 radical (unpaired) electrons. The van der Waals surface area contributed by atoms with Crippen molar-refractivity contribution in [2.24, 2.45) is 5.41 Å². The maximum absolute atomic E-state index is 2.36. The first-order valence-electron chi connectivity index (χ1n) is 3.38. The van der Waals surface area contributed by atoms with E-state index in [1.807, 2.05) is 11.8 Å². The van der Waals surface area contributed by atoms with Gasteiger partial charge in [-0.2, -0.15) is 0 Å². The summed E-state index contributed by atoms with van der Waals surface area (Å²) in [4.78, 5) is 1.48. The van der Waals surface area contributed by atoms with Crippen LogP contribution < -0.4 is 0 Å². The van der Waals surface area contributed by atoms with E-state index in [2.05, 4.69) is 33.8 Å². The van der Waals surface area contributed by atoms with E-state index >= 15 is 0 Å². The molecule has 1 unspecified atom stereocenters. The molecule has 1 heterocycles. The van der Waals surface area contributed by atoms with Crippen LogP contribution in [-0.2, 0) is 0 Å². The third-order valence-electron chi connectivity index (χ3n) is 1.99. The highest BCUT2D eigenvalue weighted by molar-refractivity contribution is 8.03. The van der Waals surface area contributed by atoms with Gasteiger partial charge in [0, 0.05) is 5.25 Å². The van der Waals surface area contributed by atoms with E-state index in [-0.39, 0.29) is 0 Å². The van der Waals surface area contributed by atoms with Crippen molar-refractivity contribution in [1.82, 2.24) is 0 Å². The Labute approximate surface area is 61.7 Å². The van der Waals surface area contributed by atoms with Crippen LogP contribution in [0.1, 0.15) is 27.7 Å². The Morgan fingerprint density at radius 1 is 1.56 bits per heavy atom. The fraction of sp³-hybridized carbons (Fsp3) is 0.750. The molecule has 0 fully saturated rings. The zero-order chi connectivity index (χ0) is 7.07. The van der Waals surface area contributed by atoms with E-state index in [4.69, 9.17) is 0 Å². The molecule has 0 aromatic heterocycles. The molecule has 0 nitrogen and oxygen atoms in total. The monoisotopic (exact) mass is 142 g/mol. The van der Waals surface area contributed by atoms with Crippen LogP contribution in [0.3, 0.4) is 0 Å². The lowest BCUT2D eigenvalue weighted by atomic mass is 9.90. The molecule has 0 spiro atoms. The first-order chi connectivity index (χ1) is 4.02. The third-order valence-corrected chi connectivity index (χ3v) is 3.44. The fourth-order valence-electron chi connectivity index (χ4n) is 1.11. The molecule has 0 aromatic rings. The molecule has 1 aliphatic rings. The molecular formula is C8H14S. The summed E-state index contributed by atoms with van der Waals surface area (Å²) < 4.78 is 0. The summed E-state index contributed by atoms with van der Waals surface area (Å²) in [6.07, 6.45) is 2.36. The molecule has 1 atom stereocenters. The topological polar surface area (TPSA) is 0 Å². The molecular weight excluding hydrogens is 128 g/mol. The Balaban J connectivity index is 2.76. The van der Waals surface area contributed by atoms with Crippen molar-refractivity contribution in [1.29, 1.82) is 0 Å². The minimum atomic E-state index is 0.425. The summed E-state index contributed by atoms with van der Waals surface area (Å²) in [5.74, 6) is 0. The quantitative estimate of drug-likeness (QED) is 0.501. The van der Waals surface area contributed by atoms with Crippen molar-refractivity contribution in [3.63, 3.8) is 0 Å². The van der Waals surface area contributed by atoms with Gasteiger partial charge < -0.3 is 0 Å². The molecule has 0 aliphatic carbocycles. The van der Waals surface area contributed by atoms with Gasteiger partial charge in [-0.25, -0.2) is 0 Å². The first-order valence-corrected chi connectivity index (χ1v) is 4.26. The van der Waals surface area contributed by atoms with Crippen LogP contribution in [0, 0.1) is 5.41 Å².